The summed E-state index contributed by atoms with van der Waals surface area (Å²) >= 11 is 0. The average molecular weight is 325 g/mol. The van der Waals surface area contributed by atoms with E-state index in [9.17, 15) is 0 Å². The SMILES string of the molecule is CCOCC.[B+3].[Br-].[Br-].[Br-]. The van der Waals surface area contributed by atoms with Crippen molar-refractivity contribution < 1.29 is 55.7 Å². The van der Waals surface area contributed by atoms with Crippen molar-refractivity contribution in [3.05, 3.63) is 0 Å². The van der Waals surface area contributed by atoms with Crippen molar-refractivity contribution in [1.29, 1.82) is 0 Å². The Morgan fingerprint density at radius 2 is 1.11 bits per heavy atom. The summed E-state index contributed by atoms with van der Waals surface area (Å²) in [6, 6.07) is 0. The normalized spacial score (nSPS) is 4.67. The van der Waals surface area contributed by atoms with E-state index in [2.05, 4.69) is 0 Å². The van der Waals surface area contributed by atoms with Gasteiger partial charge in [-0.25, -0.2) is 0 Å². The van der Waals surface area contributed by atoms with E-state index in [1.54, 1.807) is 0 Å². The minimum absolute atomic E-state index is 0. The van der Waals surface area contributed by atoms with Crippen LogP contribution in [0.25, 0.3) is 0 Å². The molecule has 0 rings (SSSR count). The zero-order valence-corrected chi connectivity index (χ0v) is 10.3. The van der Waals surface area contributed by atoms with Crippen molar-refractivity contribution in [2.45, 2.75) is 13.8 Å². The van der Waals surface area contributed by atoms with Crippen molar-refractivity contribution in [2.75, 3.05) is 13.2 Å². The Kier molecular flexibility index (Phi) is 119. The zero-order chi connectivity index (χ0) is 4.12. The number of rotatable bonds is 2. The molecule has 1 nitrogen and oxygen atoms in total. The van der Waals surface area contributed by atoms with Crippen LogP contribution >= 0.6 is 0 Å². The Morgan fingerprint density at radius 1 is 0.889 bits per heavy atom. The quantitative estimate of drug-likeness (QED) is 0.459. The summed E-state index contributed by atoms with van der Waals surface area (Å²) in [6.07, 6.45) is 0. The van der Waals surface area contributed by atoms with Gasteiger partial charge in [-0.05, 0) is 13.8 Å². The summed E-state index contributed by atoms with van der Waals surface area (Å²) in [4.78, 5) is 0. The molecule has 0 amide bonds. The number of hydrogen-bond donors (Lipinski definition) is 0. The molecule has 0 radical (unpaired) electrons. The fourth-order valence-corrected chi connectivity index (χ4v) is 0.204. The fraction of sp³-hybridized carbons (Fsp3) is 1.00. The van der Waals surface area contributed by atoms with Crippen LogP contribution in [0.1, 0.15) is 13.8 Å². The van der Waals surface area contributed by atoms with Crippen molar-refractivity contribution in [3.63, 3.8) is 0 Å². The Morgan fingerprint density at radius 3 is 1.11 bits per heavy atom. The molecule has 0 saturated carbocycles. The molecular formula is C4H10BBr3O. The minimum Gasteiger partial charge on any atom is -1.00 e. The van der Waals surface area contributed by atoms with Crippen LogP contribution in [0.2, 0.25) is 0 Å². The smallest absolute Gasteiger partial charge is 1.00 e. The van der Waals surface area contributed by atoms with Crippen molar-refractivity contribution in [1.82, 2.24) is 0 Å². The Bertz CT molecular complexity index is 23.3. The van der Waals surface area contributed by atoms with Crippen molar-refractivity contribution in [3.8, 4) is 0 Å². The maximum atomic E-state index is 4.83. The maximum Gasteiger partial charge on any atom is 3.00 e. The third-order valence-electron chi connectivity index (χ3n) is 0.408. The molecular weight excluding hydrogens is 315 g/mol. The first-order chi connectivity index (χ1) is 2.41. The molecule has 0 aliphatic rings. The molecule has 0 aromatic heterocycles. The molecule has 0 fully saturated rings. The van der Waals surface area contributed by atoms with E-state index in [-0.39, 0.29) is 59.4 Å². The van der Waals surface area contributed by atoms with Crippen LogP contribution in [0.3, 0.4) is 0 Å². The van der Waals surface area contributed by atoms with Gasteiger partial charge in [0, 0.05) is 13.2 Å². The molecule has 0 aromatic rings. The number of halogens is 3. The molecule has 0 aliphatic heterocycles. The van der Waals surface area contributed by atoms with Gasteiger partial charge in [0.15, 0.2) is 0 Å². The van der Waals surface area contributed by atoms with Crippen molar-refractivity contribution >= 4 is 8.41 Å². The molecule has 0 bridgehead atoms. The van der Waals surface area contributed by atoms with E-state index < -0.39 is 0 Å². The summed E-state index contributed by atoms with van der Waals surface area (Å²) in [6.45, 7) is 5.67. The van der Waals surface area contributed by atoms with E-state index in [4.69, 9.17) is 4.74 Å². The van der Waals surface area contributed by atoms with E-state index >= 15 is 0 Å². The van der Waals surface area contributed by atoms with Gasteiger partial charge >= 0.3 is 8.41 Å². The van der Waals surface area contributed by atoms with Gasteiger partial charge in [0.25, 0.3) is 0 Å². The first kappa shape index (κ1) is 31.4. The van der Waals surface area contributed by atoms with Crippen molar-refractivity contribution in [2.24, 2.45) is 0 Å². The molecule has 0 atom stereocenters. The van der Waals surface area contributed by atoms with Gasteiger partial charge in [0.1, 0.15) is 0 Å². The number of ether oxygens (including phenoxy) is 1. The molecule has 5 heteroatoms. The molecule has 0 N–H and O–H groups in total. The van der Waals surface area contributed by atoms with Crippen LogP contribution in [-0.4, -0.2) is 21.6 Å². The van der Waals surface area contributed by atoms with Gasteiger partial charge < -0.3 is 55.7 Å². The van der Waals surface area contributed by atoms with E-state index in [0.29, 0.717) is 0 Å². The summed E-state index contributed by atoms with van der Waals surface area (Å²) in [5.41, 5.74) is 0. The molecule has 0 aromatic carbocycles. The summed E-state index contributed by atoms with van der Waals surface area (Å²) in [5, 5.41) is 0. The first-order valence-electron chi connectivity index (χ1n) is 1.99. The second kappa shape index (κ2) is 34.0. The number of hydrogen-bond acceptors (Lipinski definition) is 1. The predicted octanol–water partition coefficient (Wildman–Crippen LogP) is -8.33. The first-order valence-corrected chi connectivity index (χ1v) is 1.99. The monoisotopic (exact) mass is 322 g/mol. The minimum atomic E-state index is 0. The second-order valence-electron chi connectivity index (χ2n) is 0.781. The van der Waals surface area contributed by atoms with E-state index in [1.807, 2.05) is 13.8 Å². The summed E-state index contributed by atoms with van der Waals surface area (Å²) in [5.74, 6) is 0. The van der Waals surface area contributed by atoms with E-state index in [0.717, 1.165) is 13.2 Å². The second-order valence-corrected chi connectivity index (χ2v) is 0.781. The molecule has 56 valence electrons. The van der Waals surface area contributed by atoms with Crippen LogP contribution < -0.4 is 50.9 Å². The average Bonchev–Trinajstić information content (AvgIpc) is 1.41. The van der Waals surface area contributed by atoms with Gasteiger partial charge in [0.05, 0.1) is 0 Å². The van der Waals surface area contributed by atoms with Gasteiger partial charge in [-0.15, -0.1) is 0 Å². The molecule has 0 spiro atoms. The Labute approximate surface area is 90.8 Å². The maximum absolute atomic E-state index is 4.83. The molecule has 0 saturated heterocycles. The van der Waals surface area contributed by atoms with Gasteiger partial charge in [-0.1, -0.05) is 0 Å². The zero-order valence-electron chi connectivity index (χ0n) is 5.53. The largest absolute Gasteiger partial charge is 3.00 e. The Hall–Kier alpha value is 1.46. The summed E-state index contributed by atoms with van der Waals surface area (Å²) < 4.78 is 4.83. The van der Waals surface area contributed by atoms with Crippen LogP contribution in [0.4, 0.5) is 0 Å². The molecule has 0 unspecified atom stereocenters. The van der Waals surface area contributed by atoms with Gasteiger partial charge in [0.2, 0.25) is 0 Å². The Balaban J connectivity index is -0.0000000133. The fourth-order valence-electron chi connectivity index (χ4n) is 0.204. The van der Waals surface area contributed by atoms with Crippen LogP contribution in [0.5, 0.6) is 0 Å². The standard InChI is InChI=1S/C4H10O.B.3BrH/c1-3-5-4-2;;;;/h3-4H2,1-2H3;;3*1H/q;+3;;;/p-3. The third kappa shape index (κ3) is 43.9. The van der Waals surface area contributed by atoms with Gasteiger partial charge in [-0.3, -0.25) is 0 Å². The summed E-state index contributed by atoms with van der Waals surface area (Å²) in [7, 11) is 0. The molecule has 0 aliphatic carbocycles. The molecule has 0 heterocycles. The predicted molar refractivity (Wildman–Crippen MR) is 27.9 cm³/mol. The topological polar surface area (TPSA) is 9.23 Å². The third-order valence-corrected chi connectivity index (χ3v) is 0.408. The van der Waals surface area contributed by atoms with Crippen LogP contribution in [0, 0.1) is 0 Å². The van der Waals surface area contributed by atoms with Crippen LogP contribution in [-0.2, 0) is 4.74 Å². The van der Waals surface area contributed by atoms with Gasteiger partial charge in [-0.2, -0.15) is 0 Å². The molecule has 9 heavy (non-hydrogen) atoms. The van der Waals surface area contributed by atoms with Crippen LogP contribution in [0.15, 0.2) is 0 Å². The van der Waals surface area contributed by atoms with E-state index in [1.165, 1.54) is 0 Å².